The zero-order valence-electron chi connectivity index (χ0n) is 9.55. The average molecular weight is 315 g/mol. The first-order valence-electron chi connectivity index (χ1n) is 5.32. The van der Waals surface area contributed by atoms with Gasteiger partial charge in [0, 0.05) is 4.47 Å². The van der Waals surface area contributed by atoms with E-state index < -0.39 is 11.7 Å². The molecule has 18 heavy (non-hydrogen) atoms. The molecule has 0 atom stereocenters. The lowest BCUT2D eigenvalue weighted by atomic mass is 9.98. The average Bonchev–Trinajstić information content (AvgIpc) is 2.26. The Morgan fingerprint density at radius 3 is 2.28 bits per heavy atom. The molecule has 0 bridgehead atoms. The topological polar surface area (TPSA) is 0 Å². The summed E-state index contributed by atoms with van der Waals surface area (Å²) in [7, 11) is 0. The third kappa shape index (κ3) is 2.75. The molecular formula is C14H10BrF3. The van der Waals surface area contributed by atoms with Crippen LogP contribution in [0.4, 0.5) is 13.2 Å². The third-order valence-electron chi connectivity index (χ3n) is 2.59. The number of hydrogen-bond acceptors (Lipinski definition) is 0. The van der Waals surface area contributed by atoms with Crippen LogP contribution in [0, 0.1) is 6.92 Å². The third-order valence-corrected chi connectivity index (χ3v) is 3.04. The van der Waals surface area contributed by atoms with Gasteiger partial charge in [0.05, 0.1) is 5.56 Å². The molecule has 0 nitrogen and oxygen atoms in total. The van der Waals surface area contributed by atoms with E-state index >= 15 is 0 Å². The van der Waals surface area contributed by atoms with Gasteiger partial charge in [-0.05, 0) is 41.8 Å². The minimum Gasteiger partial charge on any atom is -0.166 e. The number of halogens is 4. The van der Waals surface area contributed by atoms with Gasteiger partial charge in [0.1, 0.15) is 0 Å². The molecule has 0 aliphatic heterocycles. The minimum atomic E-state index is -4.34. The predicted octanol–water partition coefficient (Wildman–Crippen LogP) is 5.44. The van der Waals surface area contributed by atoms with Crippen molar-refractivity contribution in [1.82, 2.24) is 0 Å². The molecule has 0 saturated heterocycles. The van der Waals surface area contributed by atoms with Crippen molar-refractivity contribution in [1.29, 1.82) is 0 Å². The maximum atomic E-state index is 12.9. The van der Waals surface area contributed by atoms with Crippen molar-refractivity contribution in [3.63, 3.8) is 0 Å². The first-order chi connectivity index (χ1) is 8.38. The summed E-state index contributed by atoms with van der Waals surface area (Å²) in [5.41, 5.74) is 1.07. The van der Waals surface area contributed by atoms with E-state index in [1.54, 1.807) is 18.2 Å². The first-order valence-corrected chi connectivity index (χ1v) is 6.11. The van der Waals surface area contributed by atoms with Crippen LogP contribution >= 0.6 is 15.9 Å². The summed E-state index contributed by atoms with van der Waals surface area (Å²) < 4.78 is 39.5. The molecule has 0 radical (unpaired) electrons. The molecule has 0 fully saturated rings. The van der Waals surface area contributed by atoms with Crippen molar-refractivity contribution in [3.8, 4) is 11.1 Å². The van der Waals surface area contributed by atoms with E-state index in [1.165, 1.54) is 12.1 Å². The van der Waals surface area contributed by atoms with E-state index in [0.717, 1.165) is 16.1 Å². The van der Waals surface area contributed by atoms with Crippen molar-refractivity contribution in [3.05, 3.63) is 58.1 Å². The van der Waals surface area contributed by atoms with E-state index in [0.29, 0.717) is 5.56 Å². The summed E-state index contributed by atoms with van der Waals surface area (Å²) in [5, 5.41) is 0. The van der Waals surface area contributed by atoms with E-state index in [-0.39, 0.29) is 5.56 Å². The highest BCUT2D eigenvalue weighted by atomic mass is 79.9. The molecule has 2 aromatic carbocycles. The smallest absolute Gasteiger partial charge is 0.166 e. The van der Waals surface area contributed by atoms with Crippen LogP contribution in [0.2, 0.25) is 0 Å². The second kappa shape index (κ2) is 4.76. The SMILES string of the molecule is Cc1cc(Br)cc(-c2ccccc2C(F)(F)F)c1. The Bertz CT molecular complexity index is 553. The minimum absolute atomic E-state index is 0.203. The van der Waals surface area contributed by atoms with Gasteiger partial charge in [-0.1, -0.05) is 40.2 Å². The Labute approximate surface area is 112 Å². The van der Waals surface area contributed by atoms with Gasteiger partial charge >= 0.3 is 6.18 Å². The lowest BCUT2D eigenvalue weighted by Crippen LogP contribution is -2.06. The van der Waals surface area contributed by atoms with E-state index in [2.05, 4.69) is 15.9 Å². The Morgan fingerprint density at radius 1 is 1.00 bits per heavy atom. The molecule has 0 saturated carbocycles. The molecule has 2 aromatic rings. The zero-order chi connectivity index (χ0) is 13.3. The summed E-state index contributed by atoms with van der Waals surface area (Å²) in [6.07, 6.45) is -4.34. The van der Waals surface area contributed by atoms with Crippen molar-refractivity contribution in [2.75, 3.05) is 0 Å². The highest BCUT2D eigenvalue weighted by molar-refractivity contribution is 9.10. The normalized spacial score (nSPS) is 11.6. The number of rotatable bonds is 1. The summed E-state index contributed by atoms with van der Waals surface area (Å²) in [6, 6.07) is 10.9. The van der Waals surface area contributed by atoms with Gasteiger partial charge in [0.2, 0.25) is 0 Å². The van der Waals surface area contributed by atoms with Gasteiger partial charge in [-0.15, -0.1) is 0 Å². The summed E-state index contributed by atoms with van der Waals surface area (Å²) >= 11 is 3.30. The molecule has 0 aliphatic carbocycles. The highest BCUT2D eigenvalue weighted by Crippen LogP contribution is 2.37. The molecule has 0 amide bonds. The molecule has 4 heteroatoms. The van der Waals surface area contributed by atoms with Crippen LogP contribution in [-0.4, -0.2) is 0 Å². The molecule has 94 valence electrons. The van der Waals surface area contributed by atoms with Crippen LogP contribution in [0.15, 0.2) is 46.9 Å². The molecule has 2 rings (SSSR count). The second-order valence-electron chi connectivity index (χ2n) is 4.06. The maximum absolute atomic E-state index is 12.9. The monoisotopic (exact) mass is 314 g/mol. The molecule has 0 aromatic heterocycles. The molecule has 0 N–H and O–H groups in total. The standard InChI is InChI=1S/C14H10BrF3/c1-9-6-10(8-11(15)7-9)12-4-2-3-5-13(12)14(16,17)18/h2-8H,1H3. The summed E-state index contributed by atoms with van der Waals surface area (Å²) in [4.78, 5) is 0. The number of hydrogen-bond donors (Lipinski definition) is 0. The molecule has 0 spiro atoms. The largest absolute Gasteiger partial charge is 0.417 e. The van der Waals surface area contributed by atoms with Crippen LogP contribution in [-0.2, 0) is 6.18 Å². The first kappa shape index (κ1) is 13.1. The second-order valence-corrected chi connectivity index (χ2v) is 4.98. The molecule has 0 unspecified atom stereocenters. The fourth-order valence-electron chi connectivity index (χ4n) is 1.87. The van der Waals surface area contributed by atoms with Crippen LogP contribution in [0.3, 0.4) is 0 Å². The Hall–Kier alpha value is -1.29. The number of aryl methyl sites for hydroxylation is 1. The van der Waals surface area contributed by atoms with Crippen molar-refractivity contribution in [2.24, 2.45) is 0 Å². The molecule has 0 heterocycles. The van der Waals surface area contributed by atoms with E-state index in [4.69, 9.17) is 0 Å². The van der Waals surface area contributed by atoms with Crippen molar-refractivity contribution in [2.45, 2.75) is 13.1 Å². The van der Waals surface area contributed by atoms with Gasteiger partial charge in [0.15, 0.2) is 0 Å². The van der Waals surface area contributed by atoms with Crippen LogP contribution < -0.4 is 0 Å². The molecule has 0 aliphatic rings. The fourth-order valence-corrected chi connectivity index (χ4v) is 2.48. The Morgan fingerprint density at radius 2 is 1.67 bits per heavy atom. The number of benzene rings is 2. The van der Waals surface area contributed by atoms with Gasteiger partial charge < -0.3 is 0 Å². The molecular weight excluding hydrogens is 305 g/mol. The number of alkyl halides is 3. The Balaban J connectivity index is 2.64. The van der Waals surface area contributed by atoms with Gasteiger partial charge in [-0.3, -0.25) is 0 Å². The van der Waals surface area contributed by atoms with Gasteiger partial charge in [0.25, 0.3) is 0 Å². The van der Waals surface area contributed by atoms with Crippen molar-refractivity contribution >= 4 is 15.9 Å². The maximum Gasteiger partial charge on any atom is 0.417 e. The van der Waals surface area contributed by atoms with Crippen LogP contribution in [0.5, 0.6) is 0 Å². The fraction of sp³-hybridized carbons (Fsp3) is 0.143. The highest BCUT2D eigenvalue weighted by Gasteiger charge is 2.33. The summed E-state index contributed by atoms with van der Waals surface area (Å²) in [5.74, 6) is 0. The van der Waals surface area contributed by atoms with Crippen molar-refractivity contribution < 1.29 is 13.2 Å². The van der Waals surface area contributed by atoms with E-state index in [9.17, 15) is 13.2 Å². The summed E-state index contributed by atoms with van der Waals surface area (Å²) in [6.45, 7) is 1.85. The van der Waals surface area contributed by atoms with E-state index in [1.807, 2.05) is 13.0 Å². The van der Waals surface area contributed by atoms with Gasteiger partial charge in [-0.25, -0.2) is 0 Å². The Kier molecular flexibility index (Phi) is 3.48. The predicted molar refractivity (Wildman–Crippen MR) is 69.3 cm³/mol. The van der Waals surface area contributed by atoms with Crippen LogP contribution in [0.25, 0.3) is 11.1 Å². The lowest BCUT2D eigenvalue weighted by molar-refractivity contribution is -0.137. The lowest BCUT2D eigenvalue weighted by Gasteiger charge is -2.13. The van der Waals surface area contributed by atoms with Crippen LogP contribution in [0.1, 0.15) is 11.1 Å². The van der Waals surface area contributed by atoms with Gasteiger partial charge in [-0.2, -0.15) is 13.2 Å². The quantitative estimate of drug-likeness (QED) is 0.657. The zero-order valence-corrected chi connectivity index (χ0v) is 11.1.